The summed E-state index contributed by atoms with van der Waals surface area (Å²) in [5.74, 6) is -0.998. The Labute approximate surface area is 188 Å². The van der Waals surface area contributed by atoms with Crippen molar-refractivity contribution in [2.24, 2.45) is 5.41 Å². The Morgan fingerprint density at radius 3 is 2.19 bits per heavy atom. The first-order valence-electron chi connectivity index (χ1n) is 9.80. The normalized spacial score (nSPS) is 18.3. The standard InChI is InChI=1S/C22H26ClN3O4S/c1-22(2)14-31(29,30)26(21(22)28)18-11-7-16(8-12-18)20(27)24-13-19(25(3)4)15-5-9-17(23)10-6-15/h5-12,19H,13-14H2,1-4H3,(H,24,27). The fourth-order valence-electron chi connectivity index (χ4n) is 3.58. The Bertz CT molecular complexity index is 1080. The summed E-state index contributed by atoms with van der Waals surface area (Å²) in [5.41, 5.74) is 0.656. The van der Waals surface area contributed by atoms with E-state index in [1.165, 1.54) is 24.3 Å². The Hall–Kier alpha value is -2.42. The number of nitrogens with zero attached hydrogens (tertiary/aromatic N) is 2. The second-order valence-electron chi connectivity index (χ2n) is 8.50. The summed E-state index contributed by atoms with van der Waals surface area (Å²) >= 11 is 5.96. The SMILES string of the molecule is CN(C)C(CNC(=O)c1ccc(N2C(=O)C(C)(C)CS2(=O)=O)cc1)c1ccc(Cl)cc1. The van der Waals surface area contributed by atoms with Gasteiger partial charge in [0, 0.05) is 17.1 Å². The molecule has 166 valence electrons. The fourth-order valence-corrected chi connectivity index (χ4v) is 5.82. The van der Waals surface area contributed by atoms with Gasteiger partial charge in [-0.1, -0.05) is 23.7 Å². The van der Waals surface area contributed by atoms with Crippen molar-refractivity contribution < 1.29 is 18.0 Å². The van der Waals surface area contributed by atoms with Gasteiger partial charge in [-0.25, -0.2) is 12.7 Å². The maximum atomic E-state index is 12.6. The van der Waals surface area contributed by atoms with Crippen LogP contribution in [-0.2, 0) is 14.8 Å². The van der Waals surface area contributed by atoms with Gasteiger partial charge in [0.05, 0.1) is 22.9 Å². The molecule has 2 aromatic rings. The number of benzene rings is 2. The molecular weight excluding hydrogens is 438 g/mol. The van der Waals surface area contributed by atoms with Gasteiger partial charge in [0.15, 0.2) is 0 Å². The van der Waals surface area contributed by atoms with Crippen LogP contribution in [0.15, 0.2) is 48.5 Å². The van der Waals surface area contributed by atoms with E-state index in [-0.39, 0.29) is 23.4 Å². The first-order valence-corrected chi connectivity index (χ1v) is 11.8. The minimum atomic E-state index is -3.73. The summed E-state index contributed by atoms with van der Waals surface area (Å²) in [5, 5.41) is 3.55. The van der Waals surface area contributed by atoms with Crippen LogP contribution in [-0.4, -0.2) is 51.5 Å². The smallest absolute Gasteiger partial charge is 0.251 e. The van der Waals surface area contributed by atoms with Crippen molar-refractivity contribution in [1.82, 2.24) is 10.2 Å². The number of hydrogen-bond donors (Lipinski definition) is 1. The average molecular weight is 464 g/mol. The molecule has 2 aromatic carbocycles. The average Bonchev–Trinajstić information content (AvgIpc) is 2.85. The van der Waals surface area contributed by atoms with E-state index in [0.717, 1.165) is 9.87 Å². The first-order chi connectivity index (χ1) is 14.4. The third-order valence-electron chi connectivity index (χ3n) is 5.28. The molecule has 1 heterocycles. The van der Waals surface area contributed by atoms with E-state index in [9.17, 15) is 18.0 Å². The highest BCUT2D eigenvalue weighted by atomic mass is 35.5. The molecule has 31 heavy (non-hydrogen) atoms. The van der Waals surface area contributed by atoms with E-state index in [0.29, 0.717) is 17.1 Å². The highest BCUT2D eigenvalue weighted by Gasteiger charge is 2.49. The van der Waals surface area contributed by atoms with E-state index in [1.54, 1.807) is 13.8 Å². The lowest BCUT2D eigenvalue weighted by molar-refractivity contribution is -0.123. The molecule has 2 amide bonds. The van der Waals surface area contributed by atoms with Gasteiger partial charge in [-0.05, 0) is 69.9 Å². The van der Waals surface area contributed by atoms with Gasteiger partial charge in [0.25, 0.3) is 5.91 Å². The molecule has 1 N–H and O–H groups in total. The Morgan fingerprint density at radius 1 is 1.13 bits per heavy atom. The number of halogens is 1. The summed E-state index contributed by atoms with van der Waals surface area (Å²) in [6, 6.07) is 13.4. The second kappa shape index (κ2) is 8.61. The molecule has 1 unspecified atom stereocenters. The lowest BCUT2D eigenvalue weighted by atomic mass is 9.95. The molecule has 1 fully saturated rings. The zero-order valence-electron chi connectivity index (χ0n) is 17.9. The van der Waals surface area contributed by atoms with Crippen molar-refractivity contribution in [2.75, 3.05) is 30.7 Å². The third kappa shape index (κ3) is 4.92. The molecule has 3 rings (SSSR count). The highest BCUT2D eigenvalue weighted by molar-refractivity contribution is 7.94. The molecule has 0 aromatic heterocycles. The van der Waals surface area contributed by atoms with Crippen LogP contribution in [0.5, 0.6) is 0 Å². The Balaban J connectivity index is 1.72. The summed E-state index contributed by atoms with van der Waals surface area (Å²) in [7, 11) is 0.125. The van der Waals surface area contributed by atoms with Crippen molar-refractivity contribution >= 4 is 39.1 Å². The van der Waals surface area contributed by atoms with Gasteiger partial charge in [0.1, 0.15) is 0 Å². The van der Waals surface area contributed by atoms with Gasteiger partial charge in [-0.15, -0.1) is 0 Å². The van der Waals surface area contributed by atoms with Gasteiger partial charge in [0.2, 0.25) is 15.9 Å². The van der Waals surface area contributed by atoms with Gasteiger partial charge < -0.3 is 10.2 Å². The predicted octanol–water partition coefficient (Wildman–Crippen LogP) is 3.08. The fraction of sp³-hybridized carbons (Fsp3) is 0.364. The van der Waals surface area contributed by atoms with E-state index < -0.39 is 21.3 Å². The number of anilines is 1. The number of carbonyl (C=O) groups excluding carboxylic acids is 2. The molecule has 0 bridgehead atoms. The quantitative estimate of drug-likeness (QED) is 0.711. The molecule has 1 aliphatic rings. The van der Waals surface area contributed by atoms with Crippen LogP contribution in [0, 0.1) is 5.41 Å². The largest absolute Gasteiger partial charge is 0.350 e. The second-order valence-corrected chi connectivity index (χ2v) is 10.8. The lowest BCUT2D eigenvalue weighted by Crippen LogP contribution is -2.34. The first kappa shape index (κ1) is 23.2. The van der Waals surface area contributed by atoms with Crippen LogP contribution in [0.1, 0.15) is 35.8 Å². The van der Waals surface area contributed by atoms with Crippen molar-refractivity contribution in [3.05, 3.63) is 64.7 Å². The van der Waals surface area contributed by atoms with E-state index >= 15 is 0 Å². The highest BCUT2D eigenvalue weighted by Crippen LogP contribution is 2.35. The molecule has 0 aliphatic carbocycles. The lowest BCUT2D eigenvalue weighted by Gasteiger charge is -2.25. The van der Waals surface area contributed by atoms with Crippen LogP contribution < -0.4 is 9.62 Å². The maximum absolute atomic E-state index is 12.6. The Kier molecular flexibility index (Phi) is 6.45. The van der Waals surface area contributed by atoms with Crippen molar-refractivity contribution in [3.63, 3.8) is 0 Å². The van der Waals surface area contributed by atoms with Crippen molar-refractivity contribution in [2.45, 2.75) is 19.9 Å². The van der Waals surface area contributed by atoms with Crippen molar-refractivity contribution in [3.8, 4) is 0 Å². The monoisotopic (exact) mass is 463 g/mol. The van der Waals surface area contributed by atoms with Crippen LogP contribution in [0.4, 0.5) is 5.69 Å². The number of likely N-dealkylation sites (N-methyl/N-ethyl adjacent to an activating group) is 1. The summed E-state index contributed by atoms with van der Waals surface area (Å²) in [6.07, 6.45) is 0. The number of sulfonamides is 1. The summed E-state index contributed by atoms with van der Waals surface area (Å²) < 4.78 is 25.7. The molecular formula is C22H26ClN3O4S. The minimum absolute atomic E-state index is 0.0462. The molecule has 1 aliphatic heterocycles. The number of hydrogen-bond acceptors (Lipinski definition) is 5. The van der Waals surface area contributed by atoms with E-state index in [2.05, 4.69) is 5.32 Å². The molecule has 0 spiro atoms. The molecule has 0 saturated carbocycles. The van der Waals surface area contributed by atoms with Crippen molar-refractivity contribution in [1.29, 1.82) is 0 Å². The molecule has 0 radical (unpaired) electrons. The molecule has 9 heteroatoms. The summed E-state index contributed by atoms with van der Waals surface area (Å²) in [4.78, 5) is 27.1. The van der Waals surface area contributed by atoms with E-state index in [4.69, 9.17) is 11.6 Å². The molecule has 7 nitrogen and oxygen atoms in total. The Morgan fingerprint density at radius 2 is 1.71 bits per heavy atom. The third-order valence-corrected chi connectivity index (χ3v) is 7.55. The maximum Gasteiger partial charge on any atom is 0.251 e. The number of carbonyl (C=O) groups is 2. The summed E-state index contributed by atoms with van der Waals surface area (Å²) in [6.45, 7) is 3.59. The predicted molar refractivity (Wildman–Crippen MR) is 122 cm³/mol. The van der Waals surface area contributed by atoms with Gasteiger partial charge in [-0.2, -0.15) is 0 Å². The number of rotatable bonds is 6. The van der Waals surface area contributed by atoms with Gasteiger partial charge in [-0.3, -0.25) is 9.59 Å². The minimum Gasteiger partial charge on any atom is -0.350 e. The molecule has 1 saturated heterocycles. The van der Waals surface area contributed by atoms with Crippen LogP contribution >= 0.6 is 11.6 Å². The van der Waals surface area contributed by atoms with Crippen LogP contribution in [0.2, 0.25) is 5.02 Å². The van der Waals surface area contributed by atoms with Crippen LogP contribution in [0.3, 0.4) is 0 Å². The van der Waals surface area contributed by atoms with Gasteiger partial charge >= 0.3 is 0 Å². The number of nitrogens with one attached hydrogen (secondary N) is 1. The van der Waals surface area contributed by atoms with E-state index in [1.807, 2.05) is 43.3 Å². The topological polar surface area (TPSA) is 86.8 Å². The molecule has 1 atom stereocenters. The zero-order valence-corrected chi connectivity index (χ0v) is 19.5. The van der Waals surface area contributed by atoms with Crippen LogP contribution in [0.25, 0.3) is 0 Å². The zero-order chi connectivity index (χ0) is 23.0. The number of amides is 2.